The van der Waals surface area contributed by atoms with Crippen molar-refractivity contribution in [2.75, 3.05) is 13.2 Å². The number of ether oxygens (including phenoxy) is 2. The van der Waals surface area contributed by atoms with E-state index in [0.29, 0.717) is 22.9 Å². The summed E-state index contributed by atoms with van der Waals surface area (Å²) >= 11 is 11.8. The summed E-state index contributed by atoms with van der Waals surface area (Å²) in [6.45, 7) is 1.27. The summed E-state index contributed by atoms with van der Waals surface area (Å²) in [5, 5.41) is 0.615. The van der Waals surface area contributed by atoms with Crippen molar-refractivity contribution >= 4 is 35.0 Å². The Balaban J connectivity index is 1.50. The molecule has 0 aliphatic carbocycles. The third-order valence-corrected chi connectivity index (χ3v) is 4.59. The molecule has 2 aromatic rings. The van der Waals surface area contributed by atoms with Gasteiger partial charge in [-0.25, -0.2) is 0 Å². The average molecular weight is 409 g/mol. The zero-order chi connectivity index (χ0) is 19.2. The van der Waals surface area contributed by atoms with E-state index in [1.807, 2.05) is 0 Å². The van der Waals surface area contributed by atoms with Crippen LogP contribution in [0, 0.1) is 0 Å². The maximum absolute atomic E-state index is 12.2. The van der Waals surface area contributed by atoms with E-state index < -0.39 is 11.8 Å². The molecule has 6 nitrogen and oxygen atoms in total. The maximum Gasteiger partial charge on any atom is 0.271 e. The van der Waals surface area contributed by atoms with Crippen LogP contribution in [-0.4, -0.2) is 31.1 Å². The van der Waals surface area contributed by atoms with Gasteiger partial charge in [0.1, 0.15) is 12.4 Å². The molecule has 0 aromatic heterocycles. The molecule has 2 N–H and O–H groups in total. The lowest BCUT2D eigenvalue weighted by Crippen LogP contribution is -2.41. The van der Waals surface area contributed by atoms with Gasteiger partial charge in [-0.1, -0.05) is 23.2 Å². The van der Waals surface area contributed by atoms with Crippen LogP contribution in [0.15, 0.2) is 42.5 Å². The highest BCUT2D eigenvalue weighted by Gasteiger charge is 2.16. The Bertz CT molecular complexity index is 821. The van der Waals surface area contributed by atoms with Crippen molar-refractivity contribution in [3.8, 4) is 5.75 Å². The number of hydrogen-bond donors (Lipinski definition) is 2. The summed E-state index contributed by atoms with van der Waals surface area (Å²) in [7, 11) is 0. The van der Waals surface area contributed by atoms with Crippen molar-refractivity contribution in [3.05, 3.63) is 63.6 Å². The van der Waals surface area contributed by atoms with Gasteiger partial charge in [-0.15, -0.1) is 0 Å². The van der Waals surface area contributed by atoms with Crippen LogP contribution in [0.1, 0.15) is 33.6 Å². The van der Waals surface area contributed by atoms with Gasteiger partial charge in [0.05, 0.1) is 16.7 Å². The molecule has 2 amide bonds. The van der Waals surface area contributed by atoms with E-state index in [1.165, 1.54) is 12.1 Å². The van der Waals surface area contributed by atoms with E-state index in [0.717, 1.165) is 19.4 Å². The molecule has 0 radical (unpaired) electrons. The van der Waals surface area contributed by atoms with Gasteiger partial charge in [-0.3, -0.25) is 20.4 Å². The summed E-state index contributed by atoms with van der Waals surface area (Å²) in [6, 6.07) is 11.1. The number of halogens is 2. The highest BCUT2D eigenvalue weighted by atomic mass is 35.5. The van der Waals surface area contributed by atoms with Crippen LogP contribution in [0.4, 0.5) is 0 Å². The third kappa shape index (κ3) is 5.35. The van der Waals surface area contributed by atoms with Gasteiger partial charge in [0, 0.05) is 17.2 Å². The van der Waals surface area contributed by atoms with Crippen LogP contribution in [0.25, 0.3) is 0 Å². The zero-order valence-electron chi connectivity index (χ0n) is 14.3. The predicted molar refractivity (Wildman–Crippen MR) is 102 cm³/mol. The lowest BCUT2D eigenvalue weighted by molar-refractivity contribution is 0.0679. The molecule has 1 saturated heterocycles. The number of benzene rings is 2. The minimum absolute atomic E-state index is 0.128. The van der Waals surface area contributed by atoms with Crippen LogP contribution in [0.2, 0.25) is 10.0 Å². The van der Waals surface area contributed by atoms with Crippen LogP contribution < -0.4 is 15.6 Å². The monoisotopic (exact) mass is 408 g/mol. The number of rotatable bonds is 5. The Labute approximate surface area is 166 Å². The molecule has 1 fully saturated rings. The lowest BCUT2D eigenvalue weighted by Gasteiger charge is -2.12. The van der Waals surface area contributed by atoms with Crippen molar-refractivity contribution < 1.29 is 19.1 Å². The number of nitrogens with one attached hydrogen (secondary N) is 2. The van der Waals surface area contributed by atoms with E-state index in [-0.39, 0.29) is 16.7 Å². The number of hydrazine groups is 1. The van der Waals surface area contributed by atoms with Gasteiger partial charge in [-0.2, -0.15) is 0 Å². The molecule has 142 valence electrons. The van der Waals surface area contributed by atoms with E-state index in [9.17, 15) is 9.59 Å². The molecule has 27 heavy (non-hydrogen) atoms. The van der Waals surface area contributed by atoms with E-state index in [1.54, 1.807) is 30.3 Å². The molecule has 3 rings (SSSR count). The molecule has 0 spiro atoms. The van der Waals surface area contributed by atoms with Crippen LogP contribution in [-0.2, 0) is 4.74 Å². The van der Waals surface area contributed by atoms with Crippen molar-refractivity contribution in [1.82, 2.24) is 10.9 Å². The number of carbonyl (C=O) groups excluding carboxylic acids is 2. The average Bonchev–Trinajstić information content (AvgIpc) is 3.18. The van der Waals surface area contributed by atoms with E-state index >= 15 is 0 Å². The molecular formula is C19H18Cl2N2O4. The summed E-state index contributed by atoms with van der Waals surface area (Å²) in [6.07, 6.45) is 2.18. The number of amides is 2. The van der Waals surface area contributed by atoms with Gasteiger partial charge >= 0.3 is 0 Å². The second kappa shape index (κ2) is 9.08. The molecule has 1 heterocycles. The van der Waals surface area contributed by atoms with Gasteiger partial charge in [0.2, 0.25) is 0 Å². The van der Waals surface area contributed by atoms with Gasteiger partial charge in [0.15, 0.2) is 0 Å². The van der Waals surface area contributed by atoms with Crippen molar-refractivity contribution in [1.29, 1.82) is 0 Å². The first kappa shape index (κ1) is 19.5. The predicted octanol–water partition coefficient (Wildman–Crippen LogP) is 3.63. The summed E-state index contributed by atoms with van der Waals surface area (Å²) < 4.78 is 11.1. The molecule has 1 unspecified atom stereocenters. The summed E-state index contributed by atoms with van der Waals surface area (Å²) in [4.78, 5) is 24.2. The second-order valence-electron chi connectivity index (χ2n) is 6.00. The first-order valence-corrected chi connectivity index (χ1v) is 9.19. The molecule has 1 atom stereocenters. The first-order chi connectivity index (χ1) is 13.0. The summed E-state index contributed by atoms with van der Waals surface area (Å²) in [5.41, 5.74) is 5.25. The fraction of sp³-hybridized carbons (Fsp3) is 0.263. The zero-order valence-corrected chi connectivity index (χ0v) is 15.8. The van der Waals surface area contributed by atoms with Crippen molar-refractivity contribution in [3.63, 3.8) is 0 Å². The quantitative estimate of drug-likeness (QED) is 0.740. The molecule has 1 aliphatic heterocycles. The van der Waals surface area contributed by atoms with E-state index in [4.69, 9.17) is 32.7 Å². The van der Waals surface area contributed by atoms with E-state index in [2.05, 4.69) is 10.9 Å². The van der Waals surface area contributed by atoms with Crippen molar-refractivity contribution in [2.45, 2.75) is 18.9 Å². The highest BCUT2D eigenvalue weighted by Crippen LogP contribution is 2.20. The van der Waals surface area contributed by atoms with Crippen molar-refractivity contribution in [2.24, 2.45) is 0 Å². The molecule has 0 saturated carbocycles. The van der Waals surface area contributed by atoms with Crippen LogP contribution in [0.5, 0.6) is 5.75 Å². The van der Waals surface area contributed by atoms with Gasteiger partial charge in [0.25, 0.3) is 11.8 Å². The Kier molecular flexibility index (Phi) is 6.55. The number of carbonyl (C=O) groups is 2. The van der Waals surface area contributed by atoms with Gasteiger partial charge < -0.3 is 9.47 Å². The topological polar surface area (TPSA) is 76.7 Å². The number of hydrogen-bond acceptors (Lipinski definition) is 4. The van der Waals surface area contributed by atoms with Gasteiger partial charge in [-0.05, 0) is 55.3 Å². The fourth-order valence-electron chi connectivity index (χ4n) is 2.59. The fourth-order valence-corrected chi connectivity index (χ4v) is 3.09. The normalized spacial score (nSPS) is 16.0. The summed E-state index contributed by atoms with van der Waals surface area (Å²) in [5.74, 6) is -0.348. The first-order valence-electron chi connectivity index (χ1n) is 8.43. The smallest absolute Gasteiger partial charge is 0.271 e. The molecular weight excluding hydrogens is 391 g/mol. The Morgan fingerprint density at radius 3 is 2.48 bits per heavy atom. The SMILES string of the molecule is O=C(NNC(=O)c1ccc(Cl)cc1Cl)c1ccc(OCC2CCCO2)cc1. The third-order valence-electron chi connectivity index (χ3n) is 4.04. The van der Waals surface area contributed by atoms with Crippen LogP contribution >= 0.6 is 23.2 Å². The Morgan fingerprint density at radius 1 is 1.07 bits per heavy atom. The van der Waals surface area contributed by atoms with Crippen LogP contribution in [0.3, 0.4) is 0 Å². The second-order valence-corrected chi connectivity index (χ2v) is 6.85. The molecule has 8 heteroatoms. The highest BCUT2D eigenvalue weighted by molar-refractivity contribution is 6.36. The molecule has 2 aromatic carbocycles. The maximum atomic E-state index is 12.2. The molecule has 0 bridgehead atoms. The minimum atomic E-state index is -0.540. The molecule has 1 aliphatic rings. The largest absolute Gasteiger partial charge is 0.491 e. The Morgan fingerprint density at radius 2 is 1.81 bits per heavy atom. The Hall–Kier alpha value is -2.28. The lowest BCUT2D eigenvalue weighted by atomic mass is 10.2. The standard InChI is InChI=1S/C19H18Cl2N2O4/c20-13-5-8-16(17(21)10-13)19(25)23-22-18(24)12-3-6-14(7-4-12)27-11-15-2-1-9-26-15/h3-8,10,15H,1-2,9,11H2,(H,22,24)(H,23,25). The minimum Gasteiger partial charge on any atom is -0.491 e.